The molecule has 1 heterocycles. The highest BCUT2D eigenvalue weighted by atomic mass is 32.2. The first kappa shape index (κ1) is 14.6. The summed E-state index contributed by atoms with van der Waals surface area (Å²) in [6, 6.07) is 0. The molecular formula is C11H20N2O2S2. The number of nitrogens with zero attached hydrogens (tertiary/aromatic N) is 1. The monoisotopic (exact) mass is 276 g/mol. The molecule has 0 radical (unpaired) electrons. The zero-order valence-electron chi connectivity index (χ0n) is 10.8. The quantitative estimate of drug-likeness (QED) is 0.808. The Morgan fingerprint density at radius 3 is 2.65 bits per heavy atom. The third kappa shape index (κ3) is 4.04. The summed E-state index contributed by atoms with van der Waals surface area (Å²) < 4.78 is 22.9. The summed E-state index contributed by atoms with van der Waals surface area (Å²) in [6.07, 6.45) is 2.34. The molecular weight excluding hydrogens is 256 g/mol. The van der Waals surface area contributed by atoms with E-state index in [1.54, 1.807) is 6.92 Å². The molecule has 1 aromatic heterocycles. The minimum atomic E-state index is -3.06. The molecule has 1 rings (SSSR count). The molecule has 1 N–H and O–H groups in total. The van der Waals surface area contributed by atoms with Gasteiger partial charge in [0.1, 0.15) is 10.3 Å². The maximum absolute atomic E-state index is 11.5. The van der Waals surface area contributed by atoms with E-state index in [0.717, 1.165) is 30.1 Å². The molecule has 0 spiro atoms. The van der Waals surface area contributed by atoms with Gasteiger partial charge in [0.05, 0.1) is 5.69 Å². The average Bonchev–Trinajstić information content (AvgIpc) is 2.58. The van der Waals surface area contributed by atoms with Crippen LogP contribution >= 0.6 is 11.3 Å². The van der Waals surface area contributed by atoms with Gasteiger partial charge in [0.2, 0.25) is 0 Å². The van der Waals surface area contributed by atoms with Crippen molar-refractivity contribution in [3.05, 3.63) is 15.6 Å². The SMILES string of the molecule is CCCNCc1sc(C(C)S(C)(=O)=O)nc1C. The van der Waals surface area contributed by atoms with Crippen LogP contribution in [0.2, 0.25) is 0 Å². The Morgan fingerprint density at radius 1 is 1.47 bits per heavy atom. The Labute approximate surface area is 107 Å². The lowest BCUT2D eigenvalue weighted by molar-refractivity contribution is 0.592. The van der Waals surface area contributed by atoms with Crippen LogP contribution in [-0.4, -0.2) is 26.2 Å². The summed E-state index contributed by atoms with van der Waals surface area (Å²) in [6.45, 7) is 7.47. The molecule has 0 aromatic carbocycles. The molecule has 4 nitrogen and oxygen atoms in total. The summed E-state index contributed by atoms with van der Waals surface area (Å²) in [5, 5.41) is 3.49. The molecule has 0 fully saturated rings. The van der Waals surface area contributed by atoms with Gasteiger partial charge in [0.15, 0.2) is 9.84 Å². The van der Waals surface area contributed by atoms with E-state index in [1.165, 1.54) is 17.6 Å². The zero-order valence-corrected chi connectivity index (χ0v) is 12.4. The molecule has 0 aliphatic carbocycles. The van der Waals surface area contributed by atoms with Crippen LogP contribution in [0.25, 0.3) is 0 Å². The first-order valence-corrected chi connectivity index (χ1v) is 8.49. The highest BCUT2D eigenvalue weighted by Crippen LogP contribution is 2.27. The van der Waals surface area contributed by atoms with Gasteiger partial charge < -0.3 is 5.32 Å². The van der Waals surface area contributed by atoms with Crippen molar-refractivity contribution in [1.82, 2.24) is 10.3 Å². The van der Waals surface area contributed by atoms with Gasteiger partial charge in [-0.2, -0.15) is 0 Å². The predicted octanol–water partition coefficient (Wildman–Crippen LogP) is 2.06. The first-order chi connectivity index (χ1) is 7.86. The van der Waals surface area contributed by atoms with Crippen molar-refractivity contribution in [2.45, 2.75) is 39.0 Å². The number of hydrogen-bond acceptors (Lipinski definition) is 5. The minimum Gasteiger partial charge on any atom is -0.312 e. The smallest absolute Gasteiger partial charge is 0.156 e. The second-order valence-electron chi connectivity index (χ2n) is 4.21. The number of sulfone groups is 1. The van der Waals surface area contributed by atoms with Crippen LogP contribution in [0, 0.1) is 6.92 Å². The Kier molecular flexibility index (Phi) is 5.09. The maximum atomic E-state index is 11.5. The van der Waals surface area contributed by atoms with Crippen molar-refractivity contribution in [3.63, 3.8) is 0 Å². The predicted molar refractivity (Wildman–Crippen MR) is 72.1 cm³/mol. The summed E-state index contributed by atoms with van der Waals surface area (Å²) in [5.41, 5.74) is 0.934. The largest absolute Gasteiger partial charge is 0.312 e. The van der Waals surface area contributed by atoms with E-state index in [-0.39, 0.29) is 0 Å². The van der Waals surface area contributed by atoms with E-state index in [0.29, 0.717) is 5.01 Å². The molecule has 0 aliphatic rings. The average molecular weight is 276 g/mol. The highest BCUT2D eigenvalue weighted by Gasteiger charge is 2.21. The Bertz CT molecular complexity index is 466. The van der Waals surface area contributed by atoms with Gasteiger partial charge in [-0.1, -0.05) is 6.92 Å². The molecule has 1 unspecified atom stereocenters. The second kappa shape index (κ2) is 5.93. The van der Waals surface area contributed by atoms with Crippen molar-refractivity contribution in [3.8, 4) is 0 Å². The van der Waals surface area contributed by atoms with E-state index in [4.69, 9.17) is 0 Å². The fourth-order valence-electron chi connectivity index (χ4n) is 1.35. The number of nitrogens with one attached hydrogen (secondary N) is 1. The van der Waals surface area contributed by atoms with E-state index in [1.807, 2.05) is 6.92 Å². The summed E-state index contributed by atoms with van der Waals surface area (Å²) in [5.74, 6) is 0. The van der Waals surface area contributed by atoms with E-state index >= 15 is 0 Å². The van der Waals surface area contributed by atoms with Crippen LogP contribution in [0.4, 0.5) is 0 Å². The van der Waals surface area contributed by atoms with Crippen LogP contribution in [-0.2, 0) is 16.4 Å². The Hall–Kier alpha value is -0.460. The molecule has 0 saturated heterocycles. The van der Waals surface area contributed by atoms with Gasteiger partial charge in [0, 0.05) is 17.7 Å². The van der Waals surface area contributed by atoms with Crippen LogP contribution in [0.1, 0.15) is 41.1 Å². The number of aromatic nitrogens is 1. The fourth-order valence-corrected chi connectivity index (χ4v) is 3.41. The molecule has 1 aromatic rings. The summed E-state index contributed by atoms with van der Waals surface area (Å²) >= 11 is 1.49. The number of rotatable bonds is 6. The van der Waals surface area contributed by atoms with Crippen molar-refractivity contribution in [1.29, 1.82) is 0 Å². The van der Waals surface area contributed by atoms with Gasteiger partial charge in [-0.05, 0) is 26.8 Å². The van der Waals surface area contributed by atoms with Crippen molar-refractivity contribution < 1.29 is 8.42 Å². The maximum Gasteiger partial charge on any atom is 0.156 e. The first-order valence-electron chi connectivity index (χ1n) is 5.72. The lowest BCUT2D eigenvalue weighted by atomic mass is 10.4. The molecule has 1 atom stereocenters. The van der Waals surface area contributed by atoms with E-state index < -0.39 is 15.1 Å². The van der Waals surface area contributed by atoms with E-state index in [9.17, 15) is 8.42 Å². The lowest BCUT2D eigenvalue weighted by Gasteiger charge is -2.04. The number of hydrogen-bond donors (Lipinski definition) is 1. The second-order valence-corrected chi connectivity index (χ2v) is 7.69. The molecule has 6 heteroatoms. The van der Waals surface area contributed by atoms with Crippen LogP contribution in [0.5, 0.6) is 0 Å². The summed E-state index contributed by atoms with van der Waals surface area (Å²) in [7, 11) is -3.06. The van der Waals surface area contributed by atoms with Gasteiger partial charge in [-0.15, -0.1) is 11.3 Å². The van der Waals surface area contributed by atoms with Crippen molar-refractivity contribution in [2.75, 3.05) is 12.8 Å². The van der Waals surface area contributed by atoms with Crippen LogP contribution in [0.15, 0.2) is 0 Å². The molecule has 0 saturated carbocycles. The Morgan fingerprint density at radius 2 is 2.12 bits per heavy atom. The van der Waals surface area contributed by atoms with Crippen molar-refractivity contribution >= 4 is 21.2 Å². The standard InChI is InChI=1S/C11H20N2O2S2/c1-5-6-12-7-10-8(2)13-11(16-10)9(3)17(4,14)15/h9,12H,5-7H2,1-4H3. The van der Waals surface area contributed by atoms with Crippen molar-refractivity contribution in [2.24, 2.45) is 0 Å². The summed E-state index contributed by atoms with van der Waals surface area (Å²) in [4.78, 5) is 5.48. The van der Waals surface area contributed by atoms with Gasteiger partial charge in [-0.25, -0.2) is 13.4 Å². The van der Waals surface area contributed by atoms with E-state index in [2.05, 4.69) is 17.2 Å². The van der Waals surface area contributed by atoms with Gasteiger partial charge in [-0.3, -0.25) is 0 Å². The minimum absolute atomic E-state index is 0.508. The lowest BCUT2D eigenvalue weighted by Crippen LogP contribution is -2.13. The topological polar surface area (TPSA) is 59.1 Å². The zero-order chi connectivity index (χ0) is 13.1. The fraction of sp³-hybridized carbons (Fsp3) is 0.727. The van der Waals surface area contributed by atoms with Crippen LogP contribution in [0.3, 0.4) is 0 Å². The third-order valence-electron chi connectivity index (χ3n) is 2.61. The van der Waals surface area contributed by atoms with Gasteiger partial charge in [0.25, 0.3) is 0 Å². The highest BCUT2D eigenvalue weighted by molar-refractivity contribution is 7.91. The van der Waals surface area contributed by atoms with Gasteiger partial charge >= 0.3 is 0 Å². The molecule has 0 bridgehead atoms. The molecule has 0 amide bonds. The number of thiazole rings is 1. The molecule has 0 aliphatic heterocycles. The Balaban J connectivity index is 2.81. The third-order valence-corrected chi connectivity index (χ3v) is 5.61. The molecule has 17 heavy (non-hydrogen) atoms. The normalized spacial score (nSPS) is 13.9. The number of aryl methyl sites for hydroxylation is 1. The van der Waals surface area contributed by atoms with Crippen LogP contribution < -0.4 is 5.32 Å². The molecule has 98 valence electrons.